The van der Waals surface area contributed by atoms with Gasteiger partial charge >= 0.3 is 5.97 Å². The summed E-state index contributed by atoms with van der Waals surface area (Å²) in [5.41, 5.74) is 1.69. The first kappa shape index (κ1) is 21.9. The molecule has 2 aromatic carbocycles. The van der Waals surface area contributed by atoms with E-state index in [1.165, 1.54) is 30.2 Å². The first-order valence-electron chi connectivity index (χ1n) is 9.68. The van der Waals surface area contributed by atoms with E-state index in [4.69, 9.17) is 9.84 Å². The van der Waals surface area contributed by atoms with Gasteiger partial charge in [-0.3, -0.25) is 14.4 Å². The predicted octanol–water partition coefficient (Wildman–Crippen LogP) is 3.00. The Labute approximate surface area is 179 Å². The maximum absolute atomic E-state index is 12.9. The summed E-state index contributed by atoms with van der Waals surface area (Å²) in [7, 11) is 1.37. The van der Waals surface area contributed by atoms with Crippen molar-refractivity contribution in [1.29, 1.82) is 0 Å². The highest BCUT2D eigenvalue weighted by atomic mass is 16.5. The van der Waals surface area contributed by atoms with Crippen molar-refractivity contribution in [2.75, 3.05) is 13.7 Å². The highest BCUT2D eigenvalue weighted by Gasteiger charge is 2.46. The predicted molar refractivity (Wildman–Crippen MR) is 112 cm³/mol. The van der Waals surface area contributed by atoms with Gasteiger partial charge in [-0.15, -0.1) is 0 Å². The number of aryl methyl sites for hydroxylation is 1. The second kappa shape index (κ2) is 8.91. The lowest BCUT2D eigenvalue weighted by Crippen LogP contribution is -2.31. The third-order valence-electron chi connectivity index (χ3n) is 5.17. The highest BCUT2D eigenvalue weighted by molar-refractivity contribution is 6.46. The number of likely N-dealkylation sites (tertiary alicyclic amines) is 1. The second-order valence-electron chi connectivity index (χ2n) is 7.29. The fourth-order valence-corrected chi connectivity index (χ4v) is 3.59. The Balaban J connectivity index is 2.14. The number of hydrogen-bond acceptors (Lipinski definition) is 6. The average molecular weight is 425 g/mol. The maximum Gasteiger partial charge on any atom is 0.303 e. The van der Waals surface area contributed by atoms with Crippen LogP contribution in [0.5, 0.6) is 11.5 Å². The Morgan fingerprint density at radius 3 is 2.39 bits per heavy atom. The Bertz CT molecular complexity index is 1060. The number of amides is 1. The van der Waals surface area contributed by atoms with E-state index >= 15 is 0 Å². The van der Waals surface area contributed by atoms with Crippen LogP contribution in [0.4, 0.5) is 0 Å². The highest BCUT2D eigenvalue weighted by Crippen LogP contribution is 2.41. The molecule has 3 rings (SSSR count). The van der Waals surface area contributed by atoms with Crippen molar-refractivity contribution < 1.29 is 34.4 Å². The number of nitrogens with zero attached hydrogens (tertiary/aromatic N) is 1. The summed E-state index contributed by atoms with van der Waals surface area (Å²) in [4.78, 5) is 37.8. The van der Waals surface area contributed by atoms with Crippen LogP contribution in [0, 0.1) is 6.92 Å². The largest absolute Gasteiger partial charge is 0.507 e. The molecule has 2 aromatic rings. The molecule has 0 unspecified atom stereocenters. The number of carboxylic acid groups (broad SMARTS) is 1. The summed E-state index contributed by atoms with van der Waals surface area (Å²) < 4.78 is 5.15. The van der Waals surface area contributed by atoms with E-state index in [1.807, 2.05) is 6.92 Å². The van der Waals surface area contributed by atoms with Crippen LogP contribution < -0.4 is 4.74 Å². The number of hydrogen-bond donors (Lipinski definition) is 3. The van der Waals surface area contributed by atoms with Crippen LogP contribution in [-0.4, -0.2) is 51.5 Å². The first-order chi connectivity index (χ1) is 14.7. The normalized spacial score (nSPS) is 17.7. The Hall–Kier alpha value is -3.81. The molecule has 31 heavy (non-hydrogen) atoms. The van der Waals surface area contributed by atoms with Crippen LogP contribution in [-0.2, 0) is 14.4 Å². The molecule has 1 atom stereocenters. The molecule has 1 aliphatic heterocycles. The topological polar surface area (TPSA) is 124 Å². The van der Waals surface area contributed by atoms with Gasteiger partial charge in [0.2, 0.25) is 0 Å². The van der Waals surface area contributed by atoms with Crippen LogP contribution in [0.2, 0.25) is 0 Å². The number of aliphatic carboxylic acids is 1. The Morgan fingerprint density at radius 2 is 1.77 bits per heavy atom. The van der Waals surface area contributed by atoms with E-state index in [1.54, 1.807) is 24.3 Å². The lowest BCUT2D eigenvalue weighted by molar-refractivity contribution is -0.140. The molecule has 0 bridgehead atoms. The number of phenolic OH excluding ortho intramolecular Hbond substituents is 1. The molecule has 8 nitrogen and oxygen atoms in total. The average Bonchev–Trinajstić information content (AvgIpc) is 2.99. The zero-order valence-electron chi connectivity index (χ0n) is 17.2. The van der Waals surface area contributed by atoms with Gasteiger partial charge in [0, 0.05) is 18.5 Å². The van der Waals surface area contributed by atoms with Crippen LogP contribution in [0.15, 0.2) is 48.0 Å². The van der Waals surface area contributed by atoms with Gasteiger partial charge in [-0.25, -0.2) is 0 Å². The number of benzene rings is 2. The van der Waals surface area contributed by atoms with Crippen LogP contribution >= 0.6 is 0 Å². The molecule has 1 aliphatic rings. The quantitative estimate of drug-likeness (QED) is 0.354. The molecule has 0 aromatic heterocycles. The number of Topliss-reactive ketones (excluding diaryl/α,β-unsaturated/α-hetero) is 1. The van der Waals surface area contributed by atoms with Crippen LogP contribution in [0.3, 0.4) is 0 Å². The molecule has 162 valence electrons. The number of ether oxygens (including phenoxy) is 1. The number of aliphatic hydroxyl groups is 1. The van der Waals surface area contributed by atoms with Gasteiger partial charge in [0.1, 0.15) is 5.76 Å². The fourth-order valence-electron chi connectivity index (χ4n) is 3.59. The van der Waals surface area contributed by atoms with E-state index in [0.29, 0.717) is 11.1 Å². The number of aromatic hydroxyl groups is 1. The zero-order valence-corrected chi connectivity index (χ0v) is 17.2. The van der Waals surface area contributed by atoms with Crippen molar-refractivity contribution in [2.24, 2.45) is 0 Å². The van der Waals surface area contributed by atoms with Crippen molar-refractivity contribution in [3.63, 3.8) is 0 Å². The molecule has 8 heteroatoms. The summed E-state index contributed by atoms with van der Waals surface area (Å²) in [6, 6.07) is 10.3. The molecule has 0 radical (unpaired) electrons. The third kappa shape index (κ3) is 4.37. The molecule has 0 spiro atoms. The van der Waals surface area contributed by atoms with Gasteiger partial charge < -0.3 is 25.0 Å². The molecule has 1 saturated heterocycles. The van der Waals surface area contributed by atoms with E-state index in [0.717, 1.165) is 5.56 Å². The summed E-state index contributed by atoms with van der Waals surface area (Å²) in [6.07, 6.45) is -0.0365. The van der Waals surface area contributed by atoms with Gasteiger partial charge in [-0.1, -0.05) is 35.9 Å². The minimum absolute atomic E-state index is 0.00934. The standard InChI is InChI=1S/C23H23NO7/c1-13-5-7-14(8-6-13)21(28)19-20(15-9-10-16(25)17(12-15)31-2)24(23(30)22(19)29)11-3-4-18(26)27/h5-10,12,20,25,28H,3-4,11H2,1-2H3,(H,26,27)/t20-/m0/s1. The Morgan fingerprint density at radius 1 is 1.10 bits per heavy atom. The van der Waals surface area contributed by atoms with Gasteiger partial charge in [0.15, 0.2) is 11.5 Å². The fraction of sp³-hybridized carbons (Fsp3) is 0.261. The smallest absolute Gasteiger partial charge is 0.303 e. The SMILES string of the molecule is COc1cc([C@H]2C(=C(O)c3ccc(C)cc3)C(=O)C(=O)N2CCCC(=O)O)ccc1O. The van der Waals surface area contributed by atoms with Gasteiger partial charge in [0.05, 0.1) is 18.7 Å². The molecular formula is C23H23NO7. The number of carbonyl (C=O) groups excluding carboxylic acids is 2. The monoisotopic (exact) mass is 425 g/mol. The lowest BCUT2D eigenvalue weighted by Gasteiger charge is -2.25. The van der Waals surface area contributed by atoms with Crippen molar-refractivity contribution >= 4 is 23.4 Å². The van der Waals surface area contributed by atoms with E-state index in [2.05, 4.69) is 0 Å². The minimum Gasteiger partial charge on any atom is -0.507 e. The minimum atomic E-state index is -1.01. The molecule has 1 fully saturated rings. The van der Waals surface area contributed by atoms with Crippen molar-refractivity contribution in [3.8, 4) is 11.5 Å². The zero-order chi connectivity index (χ0) is 22.7. The van der Waals surface area contributed by atoms with Crippen LogP contribution in [0.25, 0.3) is 5.76 Å². The molecule has 0 saturated carbocycles. The molecule has 1 heterocycles. The number of carboxylic acids is 1. The first-order valence-corrected chi connectivity index (χ1v) is 9.68. The van der Waals surface area contributed by atoms with E-state index in [-0.39, 0.29) is 42.2 Å². The summed E-state index contributed by atoms with van der Waals surface area (Å²) >= 11 is 0. The van der Waals surface area contributed by atoms with E-state index < -0.39 is 23.7 Å². The lowest BCUT2D eigenvalue weighted by atomic mass is 9.94. The number of rotatable bonds is 7. The van der Waals surface area contributed by atoms with Gasteiger partial charge in [0.25, 0.3) is 11.7 Å². The van der Waals surface area contributed by atoms with Gasteiger partial charge in [-0.2, -0.15) is 0 Å². The summed E-state index contributed by atoms with van der Waals surface area (Å²) in [5, 5.41) is 29.8. The van der Waals surface area contributed by atoms with Crippen molar-refractivity contribution in [1.82, 2.24) is 4.90 Å². The molecule has 3 N–H and O–H groups in total. The number of carbonyl (C=O) groups is 3. The summed E-state index contributed by atoms with van der Waals surface area (Å²) in [5.74, 6) is -2.99. The number of ketones is 1. The number of aliphatic hydroxyl groups excluding tert-OH is 1. The van der Waals surface area contributed by atoms with Crippen LogP contribution in [0.1, 0.15) is 35.6 Å². The second-order valence-corrected chi connectivity index (χ2v) is 7.29. The maximum atomic E-state index is 12.9. The van der Waals surface area contributed by atoms with Crippen molar-refractivity contribution in [2.45, 2.75) is 25.8 Å². The molecule has 0 aliphatic carbocycles. The van der Waals surface area contributed by atoms with Crippen molar-refractivity contribution in [3.05, 3.63) is 64.7 Å². The molecule has 1 amide bonds. The number of phenols is 1. The third-order valence-corrected chi connectivity index (χ3v) is 5.17. The Kier molecular flexibility index (Phi) is 6.29. The summed E-state index contributed by atoms with van der Waals surface area (Å²) in [6.45, 7) is 1.89. The molecular weight excluding hydrogens is 402 g/mol. The van der Waals surface area contributed by atoms with Gasteiger partial charge in [-0.05, 0) is 31.0 Å². The number of methoxy groups -OCH3 is 1. The van der Waals surface area contributed by atoms with E-state index in [9.17, 15) is 24.6 Å².